The zero-order valence-corrected chi connectivity index (χ0v) is 10.7. The Morgan fingerprint density at radius 2 is 2.12 bits per heavy atom. The highest BCUT2D eigenvalue weighted by atomic mass is 16.4. The number of hydrogen-bond acceptors (Lipinski definition) is 3. The van der Waals surface area contributed by atoms with Crippen LogP contribution in [0.15, 0.2) is 0 Å². The molecule has 0 aromatic rings. The first-order valence-corrected chi connectivity index (χ1v) is 6.77. The Labute approximate surface area is 103 Å². The number of nitrogens with zero attached hydrogens (tertiary/aromatic N) is 1. The molecule has 0 amide bonds. The Morgan fingerprint density at radius 3 is 2.71 bits per heavy atom. The number of rotatable bonds is 5. The molecule has 2 unspecified atom stereocenters. The molecule has 1 heterocycles. The normalized spacial score (nSPS) is 31.1. The molecule has 0 aromatic heterocycles. The van der Waals surface area contributed by atoms with Crippen LogP contribution in [0.4, 0.5) is 0 Å². The second kappa shape index (κ2) is 5.83. The molecule has 0 bridgehead atoms. The second-order valence-corrected chi connectivity index (χ2v) is 5.82. The summed E-state index contributed by atoms with van der Waals surface area (Å²) < 4.78 is 0. The maximum atomic E-state index is 10.8. The van der Waals surface area contributed by atoms with E-state index in [2.05, 4.69) is 17.3 Å². The lowest BCUT2D eigenvalue weighted by Crippen LogP contribution is -2.49. The molecule has 0 spiro atoms. The van der Waals surface area contributed by atoms with Gasteiger partial charge in [0.15, 0.2) is 0 Å². The molecule has 1 saturated heterocycles. The number of hydrogen-bond donors (Lipinski definition) is 2. The molecule has 0 radical (unpaired) electrons. The van der Waals surface area contributed by atoms with Crippen LogP contribution in [0.5, 0.6) is 0 Å². The zero-order valence-electron chi connectivity index (χ0n) is 10.7. The highest BCUT2D eigenvalue weighted by molar-refractivity contribution is 5.67. The standard InChI is InChI=1S/C13H24N2O2/c1-15-8-11(6-13(16)17)5-12(9-15)14-7-10-3-2-4-10/h10-12,14H,2-9H2,1H3,(H,16,17). The van der Waals surface area contributed by atoms with Crippen LogP contribution >= 0.6 is 0 Å². The largest absolute Gasteiger partial charge is 0.481 e. The number of likely N-dealkylation sites (tertiary alicyclic amines) is 1. The fraction of sp³-hybridized carbons (Fsp3) is 0.923. The zero-order chi connectivity index (χ0) is 12.3. The van der Waals surface area contributed by atoms with Crippen molar-refractivity contribution in [1.29, 1.82) is 0 Å². The molecule has 17 heavy (non-hydrogen) atoms. The molecule has 2 fully saturated rings. The SMILES string of the molecule is CN1CC(CC(=O)O)CC(NCC2CCC2)C1. The number of carboxylic acids is 1. The van der Waals surface area contributed by atoms with Gasteiger partial charge in [-0.3, -0.25) is 4.79 Å². The number of piperidine rings is 1. The van der Waals surface area contributed by atoms with Crippen LogP contribution in [0.25, 0.3) is 0 Å². The van der Waals surface area contributed by atoms with Gasteiger partial charge in [0.05, 0.1) is 0 Å². The van der Waals surface area contributed by atoms with Gasteiger partial charge in [0, 0.05) is 25.6 Å². The van der Waals surface area contributed by atoms with E-state index in [9.17, 15) is 4.79 Å². The first-order chi connectivity index (χ1) is 8.13. The van der Waals surface area contributed by atoms with Gasteiger partial charge in [0.2, 0.25) is 0 Å². The Hall–Kier alpha value is -0.610. The maximum Gasteiger partial charge on any atom is 0.303 e. The van der Waals surface area contributed by atoms with E-state index in [4.69, 9.17) is 5.11 Å². The summed E-state index contributed by atoms with van der Waals surface area (Å²) in [6, 6.07) is 0.485. The van der Waals surface area contributed by atoms with Crippen LogP contribution in [0.3, 0.4) is 0 Å². The second-order valence-electron chi connectivity index (χ2n) is 5.82. The summed E-state index contributed by atoms with van der Waals surface area (Å²) in [5.41, 5.74) is 0. The average molecular weight is 240 g/mol. The molecule has 0 aromatic carbocycles. The van der Waals surface area contributed by atoms with E-state index in [1.165, 1.54) is 19.3 Å². The van der Waals surface area contributed by atoms with E-state index in [0.717, 1.165) is 32.0 Å². The molecule has 2 N–H and O–H groups in total. The minimum atomic E-state index is -0.664. The monoisotopic (exact) mass is 240 g/mol. The van der Waals surface area contributed by atoms with Crippen molar-refractivity contribution in [1.82, 2.24) is 10.2 Å². The number of aliphatic carboxylic acids is 1. The summed E-state index contributed by atoms with van der Waals surface area (Å²) in [6.07, 6.45) is 5.45. The molecule has 1 saturated carbocycles. The van der Waals surface area contributed by atoms with E-state index >= 15 is 0 Å². The van der Waals surface area contributed by atoms with E-state index in [-0.39, 0.29) is 0 Å². The van der Waals surface area contributed by atoms with E-state index in [1.807, 2.05) is 0 Å². The van der Waals surface area contributed by atoms with E-state index in [0.29, 0.717) is 18.4 Å². The Bertz CT molecular complexity index is 266. The van der Waals surface area contributed by atoms with Crippen molar-refractivity contribution in [2.45, 2.75) is 38.1 Å². The summed E-state index contributed by atoms with van der Waals surface area (Å²) in [6.45, 7) is 3.11. The van der Waals surface area contributed by atoms with Gasteiger partial charge in [0.25, 0.3) is 0 Å². The van der Waals surface area contributed by atoms with Gasteiger partial charge in [-0.25, -0.2) is 0 Å². The first kappa shape index (κ1) is 12.8. The number of nitrogens with one attached hydrogen (secondary N) is 1. The van der Waals surface area contributed by atoms with Crippen molar-refractivity contribution in [3.8, 4) is 0 Å². The van der Waals surface area contributed by atoms with Crippen LogP contribution in [-0.2, 0) is 4.79 Å². The lowest BCUT2D eigenvalue weighted by atomic mass is 9.85. The van der Waals surface area contributed by atoms with Crippen molar-refractivity contribution in [3.05, 3.63) is 0 Å². The molecule has 4 nitrogen and oxygen atoms in total. The van der Waals surface area contributed by atoms with Crippen molar-refractivity contribution < 1.29 is 9.90 Å². The predicted octanol–water partition coefficient (Wildman–Crippen LogP) is 1.17. The van der Waals surface area contributed by atoms with Gasteiger partial charge >= 0.3 is 5.97 Å². The van der Waals surface area contributed by atoms with Gasteiger partial charge in [-0.05, 0) is 44.7 Å². The topological polar surface area (TPSA) is 52.6 Å². The van der Waals surface area contributed by atoms with Crippen molar-refractivity contribution in [3.63, 3.8) is 0 Å². The highest BCUT2D eigenvalue weighted by Crippen LogP contribution is 2.26. The summed E-state index contributed by atoms with van der Waals surface area (Å²) in [5, 5.41) is 12.5. The van der Waals surface area contributed by atoms with Crippen LogP contribution < -0.4 is 5.32 Å². The number of likely N-dealkylation sites (N-methyl/N-ethyl adjacent to an activating group) is 1. The molecule has 2 atom stereocenters. The van der Waals surface area contributed by atoms with E-state index in [1.54, 1.807) is 0 Å². The third-order valence-electron chi connectivity index (χ3n) is 4.10. The Balaban J connectivity index is 1.74. The lowest BCUT2D eigenvalue weighted by Gasteiger charge is -2.37. The Kier molecular flexibility index (Phi) is 4.40. The summed E-state index contributed by atoms with van der Waals surface area (Å²) in [7, 11) is 2.09. The van der Waals surface area contributed by atoms with Gasteiger partial charge < -0.3 is 15.3 Å². The minimum absolute atomic E-state index is 0.310. The minimum Gasteiger partial charge on any atom is -0.481 e. The molecule has 2 aliphatic rings. The van der Waals surface area contributed by atoms with Gasteiger partial charge in [-0.1, -0.05) is 6.42 Å². The molecule has 2 rings (SSSR count). The van der Waals surface area contributed by atoms with Gasteiger partial charge in [-0.2, -0.15) is 0 Å². The van der Waals surface area contributed by atoms with Crippen LogP contribution in [0.2, 0.25) is 0 Å². The Morgan fingerprint density at radius 1 is 1.35 bits per heavy atom. The summed E-state index contributed by atoms with van der Waals surface area (Å²) >= 11 is 0. The molecule has 98 valence electrons. The van der Waals surface area contributed by atoms with Crippen molar-refractivity contribution in [2.24, 2.45) is 11.8 Å². The molecule has 1 aliphatic carbocycles. The molecular weight excluding hydrogens is 216 g/mol. The lowest BCUT2D eigenvalue weighted by molar-refractivity contribution is -0.138. The third-order valence-corrected chi connectivity index (χ3v) is 4.10. The number of carbonyl (C=O) groups is 1. The fourth-order valence-corrected chi connectivity index (χ4v) is 3.02. The molecular formula is C13H24N2O2. The van der Waals surface area contributed by atoms with Gasteiger partial charge in [0.1, 0.15) is 0 Å². The highest BCUT2D eigenvalue weighted by Gasteiger charge is 2.27. The van der Waals surface area contributed by atoms with Crippen molar-refractivity contribution >= 4 is 5.97 Å². The van der Waals surface area contributed by atoms with E-state index < -0.39 is 5.97 Å². The average Bonchev–Trinajstić information content (AvgIpc) is 2.12. The predicted molar refractivity (Wildman–Crippen MR) is 67.0 cm³/mol. The smallest absolute Gasteiger partial charge is 0.303 e. The van der Waals surface area contributed by atoms with Gasteiger partial charge in [-0.15, -0.1) is 0 Å². The molecule has 4 heteroatoms. The summed E-state index contributed by atoms with van der Waals surface area (Å²) in [5.74, 6) is 0.522. The van der Waals surface area contributed by atoms with Crippen LogP contribution in [0.1, 0.15) is 32.1 Å². The van der Waals surface area contributed by atoms with Crippen molar-refractivity contribution in [2.75, 3.05) is 26.7 Å². The number of carboxylic acid groups (broad SMARTS) is 1. The van der Waals surface area contributed by atoms with Crippen LogP contribution in [-0.4, -0.2) is 48.7 Å². The third kappa shape index (κ3) is 3.96. The first-order valence-electron chi connectivity index (χ1n) is 6.77. The molecule has 1 aliphatic heterocycles. The van der Waals surface area contributed by atoms with Crippen LogP contribution in [0, 0.1) is 11.8 Å². The fourth-order valence-electron chi connectivity index (χ4n) is 3.02. The quantitative estimate of drug-likeness (QED) is 0.757. The summed E-state index contributed by atoms with van der Waals surface area (Å²) in [4.78, 5) is 13.0. The maximum absolute atomic E-state index is 10.8.